The molecular formula is C16H11NO. The topological polar surface area (TPSA) is 40.9 Å². The average Bonchev–Trinajstić information content (AvgIpc) is 2.53. The molecule has 0 heterocycles. The zero-order chi connectivity index (χ0) is 12.5. The van der Waals surface area contributed by atoms with Gasteiger partial charge in [-0.05, 0) is 16.7 Å². The highest BCUT2D eigenvalue weighted by atomic mass is 16.1. The SMILES string of the molecule is N#CC1c2ccccc2CC(=O)c2ccccc21. The van der Waals surface area contributed by atoms with Gasteiger partial charge in [0, 0.05) is 12.0 Å². The molecule has 0 aromatic heterocycles. The zero-order valence-corrected chi connectivity index (χ0v) is 9.76. The van der Waals surface area contributed by atoms with Gasteiger partial charge in [0.1, 0.15) is 0 Å². The van der Waals surface area contributed by atoms with Crippen LogP contribution in [0.4, 0.5) is 0 Å². The van der Waals surface area contributed by atoms with E-state index in [1.54, 1.807) is 0 Å². The van der Waals surface area contributed by atoms with Crippen molar-refractivity contribution >= 4 is 5.78 Å². The average molecular weight is 233 g/mol. The van der Waals surface area contributed by atoms with Crippen molar-refractivity contribution in [1.29, 1.82) is 5.26 Å². The van der Waals surface area contributed by atoms with Crippen molar-refractivity contribution in [3.63, 3.8) is 0 Å². The van der Waals surface area contributed by atoms with Crippen molar-refractivity contribution in [2.24, 2.45) is 0 Å². The van der Waals surface area contributed by atoms with Gasteiger partial charge < -0.3 is 0 Å². The minimum absolute atomic E-state index is 0.0933. The number of fused-ring (bicyclic) bond motifs is 2. The lowest BCUT2D eigenvalue weighted by molar-refractivity contribution is 0.0993. The summed E-state index contributed by atoms with van der Waals surface area (Å²) in [6, 6.07) is 17.5. The first-order chi connectivity index (χ1) is 8.81. The van der Waals surface area contributed by atoms with Gasteiger partial charge in [-0.3, -0.25) is 4.79 Å². The van der Waals surface area contributed by atoms with Crippen LogP contribution in [0.15, 0.2) is 48.5 Å². The molecule has 0 saturated carbocycles. The second-order valence-corrected chi connectivity index (χ2v) is 4.45. The molecule has 0 bridgehead atoms. The predicted octanol–water partition coefficient (Wildman–Crippen LogP) is 3.08. The number of hydrogen-bond donors (Lipinski definition) is 0. The molecule has 2 nitrogen and oxygen atoms in total. The molecule has 0 amide bonds. The van der Waals surface area contributed by atoms with Gasteiger partial charge in [-0.25, -0.2) is 0 Å². The normalized spacial score (nSPS) is 17.3. The van der Waals surface area contributed by atoms with Crippen molar-refractivity contribution in [3.05, 3.63) is 70.8 Å². The third kappa shape index (κ3) is 1.53. The number of carbonyl (C=O) groups excluding carboxylic acids is 1. The molecule has 86 valence electrons. The van der Waals surface area contributed by atoms with Crippen LogP contribution >= 0.6 is 0 Å². The Labute approximate surface area is 105 Å². The number of Topliss-reactive ketones (excluding diaryl/α,β-unsaturated/α-hetero) is 1. The zero-order valence-electron chi connectivity index (χ0n) is 9.76. The van der Waals surface area contributed by atoms with Crippen LogP contribution in [0.1, 0.15) is 33.0 Å². The van der Waals surface area contributed by atoms with Gasteiger partial charge in [0.05, 0.1) is 12.0 Å². The van der Waals surface area contributed by atoms with E-state index in [0.29, 0.717) is 12.0 Å². The van der Waals surface area contributed by atoms with Crippen molar-refractivity contribution in [2.45, 2.75) is 12.3 Å². The van der Waals surface area contributed by atoms with Crippen LogP contribution in [-0.2, 0) is 6.42 Å². The fraction of sp³-hybridized carbons (Fsp3) is 0.125. The summed E-state index contributed by atoms with van der Waals surface area (Å²) >= 11 is 0. The van der Waals surface area contributed by atoms with Crippen LogP contribution in [-0.4, -0.2) is 5.78 Å². The molecule has 1 atom stereocenters. The predicted molar refractivity (Wildman–Crippen MR) is 68.4 cm³/mol. The maximum atomic E-state index is 12.2. The number of ketones is 1. The van der Waals surface area contributed by atoms with E-state index in [1.807, 2.05) is 48.5 Å². The van der Waals surface area contributed by atoms with Crippen molar-refractivity contribution in [1.82, 2.24) is 0 Å². The molecule has 2 aromatic rings. The van der Waals surface area contributed by atoms with E-state index in [2.05, 4.69) is 6.07 Å². The lowest BCUT2D eigenvalue weighted by Gasteiger charge is -2.11. The molecule has 1 aliphatic rings. The van der Waals surface area contributed by atoms with Gasteiger partial charge in [0.25, 0.3) is 0 Å². The van der Waals surface area contributed by atoms with E-state index >= 15 is 0 Å². The number of nitriles is 1. The second-order valence-electron chi connectivity index (χ2n) is 4.45. The molecule has 0 fully saturated rings. The smallest absolute Gasteiger partial charge is 0.167 e. The highest BCUT2D eigenvalue weighted by molar-refractivity contribution is 6.00. The summed E-state index contributed by atoms with van der Waals surface area (Å²) < 4.78 is 0. The molecule has 3 rings (SSSR count). The van der Waals surface area contributed by atoms with Crippen LogP contribution in [0.25, 0.3) is 0 Å². The molecular weight excluding hydrogens is 222 g/mol. The van der Waals surface area contributed by atoms with Gasteiger partial charge in [-0.1, -0.05) is 48.5 Å². The number of benzene rings is 2. The van der Waals surface area contributed by atoms with Gasteiger partial charge in [0.2, 0.25) is 0 Å². The lowest BCUT2D eigenvalue weighted by atomic mass is 9.89. The Hall–Kier alpha value is -2.40. The first kappa shape index (κ1) is 10.7. The number of hydrogen-bond acceptors (Lipinski definition) is 2. The summed E-state index contributed by atoms with van der Waals surface area (Å²) in [4.78, 5) is 12.2. The monoisotopic (exact) mass is 233 g/mol. The summed E-state index contributed by atoms with van der Waals surface area (Å²) in [5.74, 6) is -0.250. The minimum atomic E-state index is -0.344. The van der Waals surface area contributed by atoms with Crippen molar-refractivity contribution < 1.29 is 4.79 Å². The van der Waals surface area contributed by atoms with Crippen LogP contribution in [0.2, 0.25) is 0 Å². The second kappa shape index (κ2) is 4.12. The fourth-order valence-electron chi connectivity index (χ4n) is 2.55. The number of nitrogens with zero attached hydrogens (tertiary/aromatic N) is 1. The van der Waals surface area contributed by atoms with Crippen LogP contribution < -0.4 is 0 Å². The Bertz CT molecular complexity index is 667. The molecule has 0 spiro atoms. The Morgan fingerprint density at radius 3 is 2.44 bits per heavy atom. The van der Waals surface area contributed by atoms with Gasteiger partial charge in [-0.2, -0.15) is 5.26 Å². The lowest BCUT2D eigenvalue weighted by Crippen LogP contribution is -2.04. The molecule has 2 heteroatoms. The molecule has 0 aliphatic heterocycles. The largest absolute Gasteiger partial charge is 0.294 e. The molecule has 0 N–H and O–H groups in total. The third-order valence-corrected chi connectivity index (χ3v) is 3.42. The number of rotatable bonds is 0. The first-order valence-corrected chi connectivity index (χ1v) is 5.91. The summed E-state index contributed by atoms with van der Waals surface area (Å²) in [5.41, 5.74) is 3.43. The molecule has 1 aliphatic carbocycles. The quantitative estimate of drug-likeness (QED) is 0.701. The Balaban J connectivity index is 2.31. The molecule has 0 saturated heterocycles. The van der Waals surface area contributed by atoms with Crippen molar-refractivity contribution in [3.8, 4) is 6.07 Å². The van der Waals surface area contributed by atoms with Crippen LogP contribution in [0, 0.1) is 11.3 Å². The summed E-state index contributed by atoms with van der Waals surface area (Å²) in [6.45, 7) is 0. The Morgan fingerprint density at radius 1 is 1.00 bits per heavy atom. The highest BCUT2D eigenvalue weighted by Crippen LogP contribution is 2.33. The third-order valence-electron chi connectivity index (χ3n) is 3.42. The maximum Gasteiger partial charge on any atom is 0.167 e. The first-order valence-electron chi connectivity index (χ1n) is 5.91. The molecule has 1 unspecified atom stereocenters. The summed E-state index contributed by atoms with van der Waals surface area (Å²) in [7, 11) is 0. The molecule has 18 heavy (non-hydrogen) atoms. The minimum Gasteiger partial charge on any atom is -0.294 e. The van der Waals surface area contributed by atoms with Gasteiger partial charge in [0.15, 0.2) is 5.78 Å². The molecule has 0 radical (unpaired) electrons. The standard InChI is InChI=1S/C16H11NO/c17-10-15-12-6-2-1-5-11(12)9-16(18)14-8-4-3-7-13(14)15/h1-8,15H,9H2. The van der Waals surface area contributed by atoms with E-state index in [9.17, 15) is 10.1 Å². The van der Waals surface area contributed by atoms with E-state index in [4.69, 9.17) is 0 Å². The maximum absolute atomic E-state index is 12.2. The Morgan fingerprint density at radius 2 is 1.67 bits per heavy atom. The molecule has 2 aromatic carbocycles. The van der Waals surface area contributed by atoms with Gasteiger partial charge >= 0.3 is 0 Å². The summed E-state index contributed by atoms with van der Waals surface area (Å²) in [5, 5.41) is 9.43. The Kier molecular flexibility index (Phi) is 2.46. The highest BCUT2D eigenvalue weighted by Gasteiger charge is 2.26. The fourth-order valence-corrected chi connectivity index (χ4v) is 2.55. The van der Waals surface area contributed by atoms with Gasteiger partial charge in [-0.15, -0.1) is 0 Å². The van der Waals surface area contributed by atoms with Crippen LogP contribution in [0.5, 0.6) is 0 Å². The van der Waals surface area contributed by atoms with E-state index < -0.39 is 0 Å². The summed E-state index contributed by atoms with van der Waals surface area (Å²) in [6.07, 6.45) is 0.380. The van der Waals surface area contributed by atoms with E-state index in [-0.39, 0.29) is 11.7 Å². The number of carbonyl (C=O) groups is 1. The van der Waals surface area contributed by atoms with Crippen molar-refractivity contribution in [2.75, 3.05) is 0 Å². The van der Waals surface area contributed by atoms with E-state index in [0.717, 1.165) is 16.7 Å². The van der Waals surface area contributed by atoms with Crippen LogP contribution in [0.3, 0.4) is 0 Å². The van der Waals surface area contributed by atoms with E-state index in [1.165, 1.54) is 0 Å².